The van der Waals surface area contributed by atoms with E-state index in [4.69, 9.17) is 9.15 Å². The molecule has 0 aliphatic carbocycles. The van der Waals surface area contributed by atoms with Crippen molar-refractivity contribution in [3.05, 3.63) is 65.1 Å². The zero-order chi connectivity index (χ0) is 17.2. The molecule has 24 heavy (non-hydrogen) atoms. The van der Waals surface area contributed by atoms with Gasteiger partial charge >= 0.3 is 0 Å². The van der Waals surface area contributed by atoms with Crippen LogP contribution in [-0.4, -0.2) is 20.5 Å². The molecule has 0 radical (unpaired) electrons. The summed E-state index contributed by atoms with van der Waals surface area (Å²) in [5.74, 6) is 0.775. The molecule has 3 rings (SSSR count). The lowest BCUT2D eigenvalue weighted by atomic mass is 10.2. The standard InChI is InChI=1S/C17H14BrNO4S/c1-22-16-5-4-14(18)8-17(16)24(20,21)11-12-7-13(10-19-9-12)15-3-2-6-23-15/h2-10H,11H2,1H3. The van der Waals surface area contributed by atoms with Gasteiger partial charge in [-0.2, -0.15) is 0 Å². The number of halogens is 1. The fraction of sp³-hybridized carbons (Fsp3) is 0.118. The van der Waals surface area contributed by atoms with Gasteiger partial charge in [-0.15, -0.1) is 0 Å². The van der Waals surface area contributed by atoms with Gasteiger partial charge in [0.2, 0.25) is 0 Å². The first-order valence-corrected chi connectivity index (χ1v) is 9.48. The van der Waals surface area contributed by atoms with Crippen molar-refractivity contribution >= 4 is 25.8 Å². The normalized spacial score (nSPS) is 11.4. The molecule has 3 aromatic rings. The quantitative estimate of drug-likeness (QED) is 0.636. The van der Waals surface area contributed by atoms with E-state index < -0.39 is 9.84 Å². The van der Waals surface area contributed by atoms with Crippen molar-refractivity contribution in [2.45, 2.75) is 10.6 Å². The number of rotatable bonds is 5. The zero-order valence-electron chi connectivity index (χ0n) is 12.8. The van der Waals surface area contributed by atoms with Gasteiger partial charge < -0.3 is 9.15 Å². The molecule has 124 valence electrons. The average molecular weight is 408 g/mol. The Morgan fingerprint density at radius 1 is 1.21 bits per heavy atom. The van der Waals surface area contributed by atoms with Crippen LogP contribution >= 0.6 is 15.9 Å². The first-order valence-electron chi connectivity index (χ1n) is 7.04. The van der Waals surface area contributed by atoms with Crippen LogP contribution in [0.15, 0.2) is 68.8 Å². The molecule has 2 aromatic heterocycles. The van der Waals surface area contributed by atoms with Gasteiger partial charge in [0.15, 0.2) is 9.84 Å². The molecule has 0 aliphatic heterocycles. The van der Waals surface area contributed by atoms with Crippen molar-refractivity contribution in [3.63, 3.8) is 0 Å². The van der Waals surface area contributed by atoms with E-state index in [-0.39, 0.29) is 10.6 Å². The summed E-state index contributed by atoms with van der Waals surface area (Å²) in [5, 5.41) is 0. The predicted octanol–water partition coefficient (Wildman–Crippen LogP) is 4.09. The highest BCUT2D eigenvalue weighted by atomic mass is 79.9. The van der Waals surface area contributed by atoms with E-state index in [1.54, 1.807) is 42.8 Å². The summed E-state index contributed by atoms with van der Waals surface area (Å²) in [7, 11) is -2.14. The fourth-order valence-electron chi connectivity index (χ4n) is 2.33. The molecule has 5 nitrogen and oxygen atoms in total. The van der Waals surface area contributed by atoms with E-state index in [1.165, 1.54) is 19.4 Å². The topological polar surface area (TPSA) is 69.4 Å². The molecule has 0 fully saturated rings. The van der Waals surface area contributed by atoms with Crippen LogP contribution < -0.4 is 4.74 Å². The zero-order valence-corrected chi connectivity index (χ0v) is 15.2. The van der Waals surface area contributed by atoms with Crippen LogP contribution in [0.1, 0.15) is 5.56 Å². The van der Waals surface area contributed by atoms with E-state index in [0.29, 0.717) is 21.5 Å². The Morgan fingerprint density at radius 3 is 2.75 bits per heavy atom. The van der Waals surface area contributed by atoms with E-state index >= 15 is 0 Å². The van der Waals surface area contributed by atoms with Crippen molar-refractivity contribution < 1.29 is 17.6 Å². The largest absolute Gasteiger partial charge is 0.495 e. The highest BCUT2D eigenvalue weighted by Crippen LogP contribution is 2.30. The minimum atomic E-state index is -3.59. The number of sulfone groups is 1. The molecule has 0 amide bonds. The van der Waals surface area contributed by atoms with Gasteiger partial charge in [-0.05, 0) is 42.0 Å². The summed E-state index contributed by atoms with van der Waals surface area (Å²) in [6.45, 7) is 0. The maximum absolute atomic E-state index is 12.8. The number of ether oxygens (including phenoxy) is 1. The Kier molecular flexibility index (Phi) is 4.73. The summed E-state index contributed by atoms with van der Waals surface area (Å²) in [6.07, 6.45) is 4.73. The molecule has 0 aliphatic rings. The van der Waals surface area contributed by atoms with Crippen LogP contribution in [0.2, 0.25) is 0 Å². The number of aromatic nitrogens is 1. The lowest BCUT2D eigenvalue weighted by molar-refractivity contribution is 0.402. The highest BCUT2D eigenvalue weighted by molar-refractivity contribution is 9.10. The molecule has 0 atom stereocenters. The van der Waals surface area contributed by atoms with Crippen LogP contribution in [0.3, 0.4) is 0 Å². The number of nitrogens with zero attached hydrogens (tertiary/aromatic N) is 1. The van der Waals surface area contributed by atoms with Crippen molar-refractivity contribution in [1.82, 2.24) is 4.98 Å². The number of hydrogen-bond acceptors (Lipinski definition) is 5. The third-order valence-electron chi connectivity index (χ3n) is 3.42. The van der Waals surface area contributed by atoms with Crippen molar-refractivity contribution in [3.8, 4) is 17.1 Å². The van der Waals surface area contributed by atoms with Crippen molar-refractivity contribution in [1.29, 1.82) is 0 Å². The molecule has 0 saturated carbocycles. The third kappa shape index (κ3) is 3.52. The van der Waals surface area contributed by atoms with Crippen LogP contribution in [0.4, 0.5) is 0 Å². The van der Waals surface area contributed by atoms with Crippen molar-refractivity contribution in [2.24, 2.45) is 0 Å². The number of pyridine rings is 1. The van der Waals surface area contributed by atoms with Gasteiger partial charge in [0.25, 0.3) is 0 Å². The molecule has 0 spiro atoms. The molecule has 1 aromatic carbocycles. The second-order valence-electron chi connectivity index (χ2n) is 5.11. The van der Waals surface area contributed by atoms with Gasteiger partial charge in [-0.25, -0.2) is 8.42 Å². The summed E-state index contributed by atoms with van der Waals surface area (Å²) in [5.41, 5.74) is 1.31. The summed E-state index contributed by atoms with van der Waals surface area (Å²) in [4.78, 5) is 4.26. The Hall–Kier alpha value is -2.12. The second kappa shape index (κ2) is 6.78. The van der Waals surface area contributed by atoms with Gasteiger partial charge in [0, 0.05) is 22.4 Å². The maximum Gasteiger partial charge on any atom is 0.186 e. The van der Waals surface area contributed by atoms with Crippen molar-refractivity contribution in [2.75, 3.05) is 7.11 Å². The minimum Gasteiger partial charge on any atom is -0.495 e. The van der Waals surface area contributed by atoms with Crippen LogP contribution in [-0.2, 0) is 15.6 Å². The fourth-order valence-corrected chi connectivity index (χ4v) is 4.36. The summed E-state index contributed by atoms with van der Waals surface area (Å²) < 4.78 is 36.7. The SMILES string of the molecule is COc1ccc(Br)cc1S(=O)(=O)Cc1cncc(-c2ccco2)c1. The number of hydrogen-bond donors (Lipinski definition) is 0. The van der Waals surface area contributed by atoms with E-state index in [0.717, 1.165) is 5.56 Å². The Balaban J connectivity index is 1.96. The first kappa shape index (κ1) is 16.7. The third-order valence-corrected chi connectivity index (χ3v) is 5.61. The van der Waals surface area contributed by atoms with Crippen LogP contribution in [0.25, 0.3) is 11.3 Å². The summed E-state index contributed by atoms with van der Waals surface area (Å²) in [6, 6.07) is 10.2. The van der Waals surface area contributed by atoms with E-state index in [1.807, 2.05) is 0 Å². The minimum absolute atomic E-state index is 0.141. The van der Waals surface area contributed by atoms with Gasteiger partial charge in [0.05, 0.1) is 19.1 Å². The molecule has 0 bridgehead atoms. The van der Waals surface area contributed by atoms with Crippen LogP contribution in [0, 0.1) is 0 Å². The Bertz CT molecular complexity index is 952. The van der Waals surface area contributed by atoms with E-state index in [9.17, 15) is 8.42 Å². The molecule has 2 heterocycles. The van der Waals surface area contributed by atoms with Gasteiger partial charge in [0.1, 0.15) is 16.4 Å². The number of benzene rings is 1. The average Bonchev–Trinajstić information content (AvgIpc) is 3.09. The monoisotopic (exact) mass is 407 g/mol. The lowest BCUT2D eigenvalue weighted by Crippen LogP contribution is -2.07. The Labute approximate surface area is 148 Å². The maximum atomic E-state index is 12.8. The van der Waals surface area contributed by atoms with Gasteiger partial charge in [-0.1, -0.05) is 15.9 Å². The predicted molar refractivity (Wildman–Crippen MR) is 93.5 cm³/mol. The van der Waals surface area contributed by atoms with Gasteiger partial charge in [-0.3, -0.25) is 4.98 Å². The molecule has 0 N–H and O–H groups in total. The molecular weight excluding hydrogens is 394 g/mol. The summed E-state index contributed by atoms with van der Waals surface area (Å²) >= 11 is 3.30. The first-order chi connectivity index (χ1) is 11.5. The van der Waals surface area contributed by atoms with Crippen LogP contribution in [0.5, 0.6) is 5.75 Å². The molecule has 0 unspecified atom stereocenters. The lowest BCUT2D eigenvalue weighted by Gasteiger charge is -2.10. The second-order valence-corrected chi connectivity index (χ2v) is 7.99. The highest BCUT2D eigenvalue weighted by Gasteiger charge is 2.21. The Morgan fingerprint density at radius 2 is 2.04 bits per heavy atom. The smallest absolute Gasteiger partial charge is 0.186 e. The molecular formula is C17H14BrNO4S. The molecule has 0 saturated heterocycles. The van der Waals surface area contributed by atoms with E-state index in [2.05, 4.69) is 20.9 Å². The number of methoxy groups -OCH3 is 1. The number of furan rings is 1. The molecule has 7 heteroatoms.